The van der Waals surface area contributed by atoms with Crippen LogP contribution in [0, 0.1) is 19.7 Å². The van der Waals surface area contributed by atoms with Crippen molar-refractivity contribution in [3.63, 3.8) is 0 Å². The lowest BCUT2D eigenvalue weighted by Gasteiger charge is -2.11. The molecule has 0 saturated heterocycles. The third kappa shape index (κ3) is 4.29. The molecular weight excluding hydrogens is 305 g/mol. The van der Waals surface area contributed by atoms with E-state index in [4.69, 9.17) is 4.74 Å². The number of rotatable bonds is 6. The first-order valence-electron chi connectivity index (χ1n) is 6.84. The van der Waals surface area contributed by atoms with Gasteiger partial charge in [0.25, 0.3) is 0 Å². The van der Waals surface area contributed by atoms with Crippen LogP contribution in [0.15, 0.2) is 47.4 Å². The van der Waals surface area contributed by atoms with Crippen molar-refractivity contribution in [2.75, 3.05) is 13.2 Å². The molecule has 2 aromatic carbocycles. The summed E-state index contributed by atoms with van der Waals surface area (Å²) in [6.45, 7) is 3.97. The van der Waals surface area contributed by atoms with Crippen LogP contribution in [0.4, 0.5) is 4.39 Å². The highest BCUT2D eigenvalue weighted by Gasteiger charge is 2.15. The Kier molecular flexibility index (Phi) is 5.15. The molecule has 0 aliphatic heterocycles. The second-order valence-electron chi connectivity index (χ2n) is 4.97. The number of nitrogens with one attached hydrogen (secondary N) is 1. The summed E-state index contributed by atoms with van der Waals surface area (Å²) in [5.41, 5.74) is 1.71. The molecule has 0 aliphatic rings. The molecule has 118 valence electrons. The van der Waals surface area contributed by atoms with E-state index in [0.29, 0.717) is 11.3 Å². The SMILES string of the molecule is Cc1ccc(S(=O)(=O)NCCOc2ccc(F)cc2)c(C)c1. The average Bonchev–Trinajstić information content (AvgIpc) is 2.45. The monoisotopic (exact) mass is 323 g/mol. The smallest absolute Gasteiger partial charge is 0.240 e. The summed E-state index contributed by atoms with van der Waals surface area (Å²) >= 11 is 0. The summed E-state index contributed by atoms with van der Waals surface area (Å²) in [7, 11) is -3.56. The van der Waals surface area contributed by atoms with Gasteiger partial charge in [-0.05, 0) is 49.7 Å². The molecule has 1 N–H and O–H groups in total. The number of hydrogen-bond acceptors (Lipinski definition) is 3. The van der Waals surface area contributed by atoms with Crippen LogP contribution in [0.5, 0.6) is 5.75 Å². The first-order valence-corrected chi connectivity index (χ1v) is 8.32. The molecule has 0 unspecified atom stereocenters. The fourth-order valence-corrected chi connectivity index (χ4v) is 3.29. The summed E-state index contributed by atoms with van der Waals surface area (Å²) < 4.78 is 45.0. The molecule has 0 bridgehead atoms. The zero-order valence-corrected chi connectivity index (χ0v) is 13.3. The van der Waals surface area contributed by atoms with E-state index in [9.17, 15) is 12.8 Å². The van der Waals surface area contributed by atoms with Crippen molar-refractivity contribution in [2.45, 2.75) is 18.7 Å². The zero-order chi connectivity index (χ0) is 16.2. The molecule has 0 heterocycles. The third-order valence-electron chi connectivity index (χ3n) is 3.10. The highest BCUT2D eigenvalue weighted by Crippen LogP contribution is 2.16. The van der Waals surface area contributed by atoms with Crippen molar-refractivity contribution in [2.24, 2.45) is 0 Å². The maximum absolute atomic E-state index is 12.7. The number of benzene rings is 2. The molecular formula is C16H18FNO3S. The van der Waals surface area contributed by atoms with Crippen LogP contribution < -0.4 is 9.46 Å². The number of sulfonamides is 1. The largest absolute Gasteiger partial charge is 0.492 e. The van der Waals surface area contributed by atoms with Gasteiger partial charge in [-0.1, -0.05) is 17.7 Å². The minimum Gasteiger partial charge on any atom is -0.492 e. The molecule has 22 heavy (non-hydrogen) atoms. The summed E-state index contributed by atoms with van der Waals surface area (Å²) in [5, 5.41) is 0. The topological polar surface area (TPSA) is 55.4 Å². The lowest BCUT2D eigenvalue weighted by Crippen LogP contribution is -2.28. The Hall–Kier alpha value is -1.92. The number of halogens is 1. The number of ether oxygens (including phenoxy) is 1. The maximum Gasteiger partial charge on any atom is 0.240 e. The van der Waals surface area contributed by atoms with Crippen molar-refractivity contribution >= 4 is 10.0 Å². The van der Waals surface area contributed by atoms with Crippen molar-refractivity contribution in [1.82, 2.24) is 4.72 Å². The van der Waals surface area contributed by atoms with Gasteiger partial charge in [-0.3, -0.25) is 0 Å². The summed E-state index contributed by atoms with van der Waals surface area (Å²) in [6.07, 6.45) is 0. The Morgan fingerprint density at radius 3 is 2.41 bits per heavy atom. The first kappa shape index (κ1) is 16.5. The molecule has 4 nitrogen and oxygen atoms in total. The summed E-state index contributed by atoms with van der Waals surface area (Å²) in [6, 6.07) is 10.7. The Morgan fingerprint density at radius 1 is 1.09 bits per heavy atom. The van der Waals surface area contributed by atoms with Gasteiger partial charge in [0.1, 0.15) is 18.2 Å². The molecule has 0 aromatic heterocycles. The van der Waals surface area contributed by atoms with Gasteiger partial charge in [0.2, 0.25) is 10.0 Å². The van der Waals surface area contributed by atoms with Gasteiger partial charge in [-0.2, -0.15) is 0 Å². The van der Waals surface area contributed by atoms with Gasteiger partial charge < -0.3 is 4.74 Å². The second kappa shape index (κ2) is 6.89. The molecule has 0 saturated carbocycles. The van der Waals surface area contributed by atoms with Crippen LogP contribution >= 0.6 is 0 Å². The molecule has 0 atom stereocenters. The van der Waals surface area contributed by atoms with Crippen molar-refractivity contribution in [1.29, 1.82) is 0 Å². The first-order chi connectivity index (χ1) is 10.4. The van der Waals surface area contributed by atoms with Crippen molar-refractivity contribution in [3.05, 3.63) is 59.4 Å². The Balaban J connectivity index is 1.91. The van der Waals surface area contributed by atoms with E-state index in [-0.39, 0.29) is 23.9 Å². The molecule has 0 fully saturated rings. The summed E-state index contributed by atoms with van der Waals surface area (Å²) in [4.78, 5) is 0.264. The van der Waals surface area contributed by atoms with E-state index in [1.165, 1.54) is 24.3 Å². The normalized spacial score (nSPS) is 11.4. The van der Waals surface area contributed by atoms with Crippen LogP contribution in [-0.4, -0.2) is 21.6 Å². The molecule has 0 amide bonds. The van der Waals surface area contributed by atoms with E-state index in [1.54, 1.807) is 19.1 Å². The van der Waals surface area contributed by atoms with Crippen LogP contribution in [0.3, 0.4) is 0 Å². The third-order valence-corrected chi connectivity index (χ3v) is 4.72. The number of aryl methyl sites for hydroxylation is 2. The van der Waals surface area contributed by atoms with Crippen LogP contribution in [0.25, 0.3) is 0 Å². The highest BCUT2D eigenvalue weighted by atomic mass is 32.2. The average molecular weight is 323 g/mol. The Bertz CT molecular complexity index is 742. The van der Waals surface area contributed by atoms with Gasteiger partial charge in [0.15, 0.2) is 0 Å². The number of hydrogen-bond donors (Lipinski definition) is 1. The second-order valence-corrected chi connectivity index (χ2v) is 6.70. The minimum atomic E-state index is -3.56. The van der Waals surface area contributed by atoms with E-state index in [1.807, 2.05) is 13.0 Å². The Morgan fingerprint density at radius 2 is 1.77 bits per heavy atom. The van der Waals surface area contributed by atoms with Gasteiger partial charge in [-0.25, -0.2) is 17.5 Å². The van der Waals surface area contributed by atoms with Gasteiger partial charge in [0, 0.05) is 6.54 Å². The molecule has 0 radical (unpaired) electrons. The highest BCUT2D eigenvalue weighted by molar-refractivity contribution is 7.89. The van der Waals surface area contributed by atoms with Crippen LogP contribution in [-0.2, 0) is 10.0 Å². The quantitative estimate of drug-likeness (QED) is 0.832. The van der Waals surface area contributed by atoms with Crippen LogP contribution in [0.1, 0.15) is 11.1 Å². The minimum absolute atomic E-state index is 0.132. The fourth-order valence-electron chi connectivity index (χ4n) is 2.05. The predicted octanol–water partition coefficient (Wildman–Crippen LogP) is 2.80. The van der Waals surface area contributed by atoms with Crippen molar-refractivity contribution < 1.29 is 17.5 Å². The predicted molar refractivity (Wildman–Crippen MR) is 83.0 cm³/mol. The maximum atomic E-state index is 12.7. The lowest BCUT2D eigenvalue weighted by atomic mass is 10.2. The Labute approximate surface area is 130 Å². The van der Waals surface area contributed by atoms with E-state index in [0.717, 1.165) is 5.56 Å². The van der Waals surface area contributed by atoms with Crippen molar-refractivity contribution in [3.8, 4) is 5.75 Å². The van der Waals surface area contributed by atoms with Gasteiger partial charge in [-0.15, -0.1) is 0 Å². The molecule has 2 aromatic rings. The molecule has 0 aliphatic carbocycles. The molecule has 6 heteroatoms. The summed E-state index contributed by atoms with van der Waals surface area (Å²) in [5.74, 6) is 0.148. The standard InChI is InChI=1S/C16H18FNO3S/c1-12-3-8-16(13(2)11-12)22(19,20)18-9-10-21-15-6-4-14(17)5-7-15/h3-8,11,18H,9-10H2,1-2H3. The van der Waals surface area contributed by atoms with E-state index >= 15 is 0 Å². The molecule has 0 spiro atoms. The van der Waals surface area contributed by atoms with Gasteiger partial charge in [0.05, 0.1) is 4.90 Å². The fraction of sp³-hybridized carbons (Fsp3) is 0.250. The molecule has 2 rings (SSSR count). The van der Waals surface area contributed by atoms with Gasteiger partial charge >= 0.3 is 0 Å². The van der Waals surface area contributed by atoms with E-state index < -0.39 is 10.0 Å². The zero-order valence-electron chi connectivity index (χ0n) is 12.5. The lowest BCUT2D eigenvalue weighted by molar-refractivity contribution is 0.322. The van der Waals surface area contributed by atoms with Crippen LogP contribution in [0.2, 0.25) is 0 Å². The van der Waals surface area contributed by atoms with E-state index in [2.05, 4.69) is 4.72 Å².